The predicted molar refractivity (Wildman–Crippen MR) is 49.9 cm³/mol. The van der Waals surface area contributed by atoms with Crippen molar-refractivity contribution >= 4 is 6.29 Å². The average Bonchev–Trinajstić information content (AvgIpc) is 2.03. The Labute approximate surface area is 77.6 Å². The van der Waals surface area contributed by atoms with E-state index in [1.807, 2.05) is 19.9 Å². The van der Waals surface area contributed by atoms with E-state index in [4.69, 9.17) is 0 Å². The second-order valence-electron chi connectivity index (χ2n) is 3.91. The summed E-state index contributed by atoms with van der Waals surface area (Å²) >= 11 is 0. The van der Waals surface area contributed by atoms with Gasteiger partial charge in [0, 0.05) is 5.41 Å². The van der Waals surface area contributed by atoms with Gasteiger partial charge in [0.05, 0.1) is 0 Å². The van der Waals surface area contributed by atoms with E-state index >= 15 is 0 Å². The van der Waals surface area contributed by atoms with E-state index in [2.05, 4.69) is 0 Å². The highest BCUT2D eigenvalue weighted by atomic mass is 19.1. The Balaban J connectivity index is 2.80. The first-order chi connectivity index (χ1) is 6.03. The Kier molecular flexibility index (Phi) is 2.81. The maximum absolute atomic E-state index is 12.8. The molecule has 0 radical (unpaired) electrons. The van der Waals surface area contributed by atoms with Gasteiger partial charge in [-0.1, -0.05) is 26.0 Å². The third-order valence-electron chi connectivity index (χ3n) is 1.87. The van der Waals surface area contributed by atoms with Crippen LogP contribution in [0.3, 0.4) is 0 Å². The van der Waals surface area contributed by atoms with Crippen LogP contribution in [0.1, 0.15) is 19.4 Å². The Morgan fingerprint density at radius 1 is 1.46 bits per heavy atom. The summed E-state index contributed by atoms with van der Waals surface area (Å²) in [5, 5.41) is 0. The summed E-state index contributed by atoms with van der Waals surface area (Å²) in [7, 11) is 0. The third kappa shape index (κ3) is 2.98. The van der Waals surface area contributed by atoms with Crippen molar-refractivity contribution in [1.82, 2.24) is 0 Å². The first-order valence-electron chi connectivity index (χ1n) is 4.24. The maximum atomic E-state index is 12.8. The fourth-order valence-corrected chi connectivity index (χ4v) is 1.21. The normalized spacial score (nSPS) is 11.3. The summed E-state index contributed by atoms with van der Waals surface area (Å²) in [5.41, 5.74) is 0.449. The van der Waals surface area contributed by atoms with Crippen molar-refractivity contribution in [2.45, 2.75) is 20.3 Å². The van der Waals surface area contributed by atoms with E-state index in [1.165, 1.54) is 12.1 Å². The topological polar surface area (TPSA) is 17.1 Å². The van der Waals surface area contributed by atoms with Crippen LogP contribution in [-0.4, -0.2) is 6.29 Å². The molecule has 0 aliphatic rings. The van der Waals surface area contributed by atoms with Gasteiger partial charge < -0.3 is 4.79 Å². The summed E-state index contributed by atoms with van der Waals surface area (Å²) in [6.45, 7) is 3.68. The number of carbonyl (C=O) groups excluding carboxylic acids is 1. The first kappa shape index (κ1) is 9.90. The lowest BCUT2D eigenvalue weighted by Crippen LogP contribution is -2.16. The standard InChI is InChI=1S/C11H13FO/c1-11(2,8-13)7-9-4-3-5-10(12)6-9/h3-6,8H,7H2,1-2H3. The summed E-state index contributed by atoms with van der Waals surface area (Å²) in [6, 6.07) is 6.35. The molecule has 0 bridgehead atoms. The molecule has 0 saturated carbocycles. The molecule has 70 valence electrons. The number of rotatable bonds is 3. The van der Waals surface area contributed by atoms with Crippen LogP contribution in [0.2, 0.25) is 0 Å². The number of carbonyl (C=O) groups is 1. The van der Waals surface area contributed by atoms with E-state index in [0.717, 1.165) is 11.8 Å². The maximum Gasteiger partial charge on any atom is 0.125 e. The van der Waals surface area contributed by atoms with Gasteiger partial charge in [0.15, 0.2) is 0 Å². The van der Waals surface area contributed by atoms with E-state index in [-0.39, 0.29) is 5.82 Å². The fraction of sp³-hybridized carbons (Fsp3) is 0.364. The molecule has 0 N–H and O–H groups in total. The van der Waals surface area contributed by atoms with E-state index in [0.29, 0.717) is 6.42 Å². The van der Waals surface area contributed by atoms with Crippen molar-refractivity contribution in [3.8, 4) is 0 Å². The van der Waals surface area contributed by atoms with Gasteiger partial charge in [-0.3, -0.25) is 0 Å². The van der Waals surface area contributed by atoms with Crippen LogP contribution in [0.25, 0.3) is 0 Å². The lowest BCUT2D eigenvalue weighted by molar-refractivity contribution is -0.114. The van der Waals surface area contributed by atoms with E-state index in [1.54, 1.807) is 6.07 Å². The zero-order valence-electron chi connectivity index (χ0n) is 7.88. The van der Waals surface area contributed by atoms with Crippen molar-refractivity contribution in [2.75, 3.05) is 0 Å². The van der Waals surface area contributed by atoms with Gasteiger partial charge in [0.2, 0.25) is 0 Å². The molecule has 0 amide bonds. The van der Waals surface area contributed by atoms with Crippen LogP contribution >= 0.6 is 0 Å². The van der Waals surface area contributed by atoms with Gasteiger partial charge in [-0.25, -0.2) is 4.39 Å². The van der Waals surface area contributed by atoms with Gasteiger partial charge in [0.25, 0.3) is 0 Å². The molecule has 0 aromatic heterocycles. The Morgan fingerprint density at radius 3 is 2.69 bits per heavy atom. The number of aldehydes is 1. The molecule has 0 unspecified atom stereocenters. The van der Waals surface area contributed by atoms with E-state index < -0.39 is 5.41 Å². The molecule has 0 heterocycles. The molecule has 13 heavy (non-hydrogen) atoms. The Hall–Kier alpha value is -1.18. The van der Waals surface area contributed by atoms with Crippen LogP contribution in [0.4, 0.5) is 4.39 Å². The Morgan fingerprint density at radius 2 is 2.15 bits per heavy atom. The second-order valence-corrected chi connectivity index (χ2v) is 3.91. The number of hydrogen-bond donors (Lipinski definition) is 0. The monoisotopic (exact) mass is 180 g/mol. The minimum absolute atomic E-state index is 0.251. The lowest BCUT2D eigenvalue weighted by Gasteiger charge is -2.16. The third-order valence-corrected chi connectivity index (χ3v) is 1.87. The predicted octanol–water partition coefficient (Wildman–Crippen LogP) is 2.59. The van der Waals surface area contributed by atoms with Crippen molar-refractivity contribution in [3.63, 3.8) is 0 Å². The summed E-state index contributed by atoms with van der Waals surface area (Å²) < 4.78 is 12.8. The van der Waals surface area contributed by atoms with Crippen molar-refractivity contribution in [1.29, 1.82) is 0 Å². The SMILES string of the molecule is CC(C)(C=O)Cc1cccc(F)c1. The largest absolute Gasteiger partial charge is 0.303 e. The molecule has 0 aliphatic carbocycles. The van der Waals surface area contributed by atoms with Crippen molar-refractivity contribution in [2.24, 2.45) is 5.41 Å². The fourth-order valence-electron chi connectivity index (χ4n) is 1.21. The molecular weight excluding hydrogens is 167 g/mol. The molecule has 1 nitrogen and oxygen atoms in total. The molecular formula is C11H13FO. The highest BCUT2D eigenvalue weighted by Gasteiger charge is 2.16. The van der Waals surface area contributed by atoms with Gasteiger partial charge in [0.1, 0.15) is 12.1 Å². The minimum atomic E-state index is -0.409. The summed E-state index contributed by atoms with van der Waals surface area (Å²) in [4.78, 5) is 10.6. The van der Waals surface area contributed by atoms with Crippen LogP contribution in [0, 0.1) is 11.2 Å². The quantitative estimate of drug-likeness (QED) is 0.653. The van der Waals surface area contributed by atoms with Crippen LogP contribution < -0.4 is 0 Å². The number of benzene rings is 1. The molecule has 1 aromatic rings. The lowest BCUT2D eigenvalue weighted by atomic mass is 9.87. The van der Waals surface area contributed by atoms with Crippen LogP contribution in [0.5, 0.6) is 0 Å². The molecule has 0 saturated heterocycles. The zero-order valence-corrected chi connectivity index (χ0v) is 7.88. The minimum Gasteiger partial charge on any atom is -0.303 e. The number of halogens is 1. The highest BCUT2D eigenvalue weighted by molar-refractivity contribution is 5.58. The molecule has 1 aromatic carbocycles. The van der Waals surface area contributed by atoms with E-state index in [9.17, 15) is 9.18 Å². The zero-order chi connectivity index (χ0) is 9.90. The molecule has 0 spiro atoms. The van der Waals surface area contributed by atoms with Gasteiger partial charge in [-0.2, -0.15) is 0 Å². The van der Waals surface area contributed by atoms with Gasteiger partial charge >= 0.3 is 0 Å². The average molecular weight is 180 g/mol. The summed E-state index contributed by atoms with van der Waals surface area (Å²) in [6.07, 6.45) is 1.48. The van der Waals surface area contributed by atoms with Crippen LogP contribution in [0.15, 0.2) is 24.3 Å². The number of hydrogen-bond acceptors (Lipinski definition) is 1. The highest BCUT2D eigenvalue weighted by Crippen LogP contribution is 2.19. The molecule has 2 heteroatoms. The van der Waals surface area contributed by atoms with Crippen LogP contribution in [-0.2, 0) is 11.2 Å². The van der Waals surface area contributed by atoms with Crippen molar-refractivity contribution < 1.29 is 9.18 Å². The smallest absolute Gasteiger partial charge is 0.125 e. The Bertz CT molecular complexity index is 305. The van der Waals surface area contributed by atoms with Gasteiger partial charge in [-0.05, 0) is 24.1 Å². The second kappa shape index (κ2) is 3.69. The molecule has 1 rings (SSSR count). The molecule has 0 aliphatic heterocycles. The molecule has 0 fully saturated rings. The van der Waals surface area contributed by atoms with Crippen molar-refractivity contribution in [3.05, 3.63) is 35.6 Å². The molecule has 0 atom stereocenters. The first-order valence-corrected chi connectivity index (χ1v) is 4.24. The summed E-state index contributed by atoms with van der Waals surface area (Å²) in [5.74, 6) is -0.251. The van der Waals surface area contributed by atoms with Gasteiger partial charge in [-0.15, -0.1) is 0 Å².